The molecule has 5 nitrogen and oxygen atoms in total. The van der Waals surface area contributed by atoms with E-state index in [-0.39, 0.29) is 31.0 Å². The van der Waals surface area contributed by atoms with Crippen LogP contribution in [-0.4, -0.2) is 19.6 Å². The number of carbonyl (C=O) groups is 1. The molecule has 1 heterocycles. The molecule has 4 rings (SSSR count). The van der Waals surface area contributed by atoms with Crippen LogP contribution >= 0.6 is 12.4 Å². The predicted octanol–water partition coefficient (Wildman–Crippen LogP) is 3.67. The molecule has 2 aromatic rings. The largest absolute Gasteiger partial charge is 0.493 e. The maximum absolute atomic E-state index is 12.8. The fourth-order valence-corrected chi connectivity index (χ4v) is 3.71. The minimum Gasteiger partial charge on any atom is -0.493 e. The third kappa shape index (κ3) is 3.74. The van der Waals surface area contributed by atoms with E-state index in [9.17, 15) is 4.79 Å². The predicted molar refractivity (Wildman–Crippen MR) is 108 cm³/mol. The summed E-state index contributed by atoms with van der Waals surface area (Å²) >= 11 is 0. The molecule has 0 bridgehead atoms. The summed E-state index contributed by atoms with van der Waals surface area (Å²) in [7, 11) is 1.61. The zero-order chi connectivity index (χ0) is 18.1. The molecular weight excluding hydrogens is 364 g/mol. The van der Waals surface area contributed by atoms with E-state index in [1.54, 1.807) is 7.11 Å². The van der Waals surface area contributed by atoms with Crippen LogP contribution in [0.3, 0.4) is 0 Å². The first-order valence-corrected chi connectivity index (χ1v) is 8.85. The normalized spacial score (nSPS) is 17.4. The second kappa shape index (κ2) is 7.92. The van der Waals surface area contributed by atoms with E-state index in [2.05, 4.69) is 5.32 Å². The molecule has 2 aliphatic rings. The van der Waals surface area contributed by atoms with Gasteiger partial charge in [0, 0.05) is 11.3 Å². The highest BCUT2D eigenvalue weighted by molar-refractivity contribution is 5.99. The third-order valence-corrected chi connectivity index (χ3v) is 5.01. The van der Waals surface area contributed by atoms with Crippen LogP contribution in [0.15, 0.2) is 42.0 Å². The van der Waals surface area contributed by atoms with Crippen molar-refractivity contribution in [1.82, 2.24) is 5.32 Å². The van der Waals surface area contributed by atoms with Crippen LogP contribution in [0.25, 0.3) is 6.08 Å². The van der Waals surface area contributed by atoms with Gasteiger partial charge in [-0.15, -0.1) is 12.4 Å². The summed E-state index contributed by atoms with van der Waals surface area (Å²) in [5.74, 6) is 1.27. The Bertz CT molecular complexity index is 895. The summed E-state index contributed by atoms with van der Waals surface area (Å²) < 4.78 is 11.1. The van der Waals surface area contributed by atoms with Crippen LogP contribution in [0.5, 0.6) is 11.5 Å². The maximum Gasteiger partial charge on any atom is 0.251 e. The molecule has 6 heteroatoms. The van der Waals surface area contributed by atoms with Gasteiger partial charge in [0.15, 0.2) is 11.5 Å². The van der Waals surface area contributed by atoms with Crippen molar-refractivity contribution in [3.05, 3.63) is 58.7 Å². The van der Waals surface area contributed by atoms with Gasteiger partial charge in [0.2, 0.25) is 0 Å². The van der Waals surface area contributed by atoms with Gasteiger partial charge in [-0.25, -0.2) is 0 Å². The number of amides is 1. The number of methoxy groups -OCH3 is 1. The molecule has 3 N–H and O–H groups in total. The molecule has 27 heavy (non-hydrogen) atoms. The van der Waals surface area contributed by atoms with Crippen molar-refractivity contribution < 1.29 is 14.3 Å². The molecule has 1 unspecified atom stereocenters. The Hall–Kier alpha value is -2.66. The number of benzene rings is 2. The second-order valence-corrected chi connectivity index (χ2v) is 6.71. The minimum absolute atomic E-state index is 0. The zero-order valence-corrected chi connectivity index (χ0v) is 16.0. The van der Waals surface area contributed by atoms with Crippen LogP contribution in [0.2, 0.25) is 0 Å². The quantitative estimate of drug-likeness (QED) is 0.789. The molecule has 1 aliphatic heterocycles. The number of nitrogens with one attached hydrogen (secondary N) is 1. The molecule has 142 valence electrons. The Labute approximate surface area is 165 Å². The minimum atomic E-state index is -0.0897. The lowest BCUT2D eigenvalue weighted by Crippen LogP contribution is -2.34. The van der Waals surface area contributed by atoms with E-state index >= 15 is 0 Å². The Kier molecular flexibility index (Phi) is 5.61. The standard InChI is InChI=1S/C21H22N2O3.ClH/c1-25-19-7-3-5-14-10-15(12-26-20(14)19)21(24)23-18-6-2-4-13-11-16(22)8-9-17(13)18;/h3,5,7-11,18H,2,4,6,12,22H2,1H3,(H,23,24);1H. The van der Waals surface area contributed by atoms with Gasteiger partial charge in [-0.2, -0.15) is 0 Å². The van der Waals surface area contributed by atoms with Gasteiger partial charge in [0.05, 0.1) is 18.7 Å². The van der Waals surface area contributed by atoms with Gasteiger partial charge in [-0.3, -0.25) is 4.79 Å². The van der Waals surface area contributed by atoms with Crippen LogP contribution < -0.4 is 20.5 Å². The first kappa shape index (κ1) is 19.1. The molecule has 0 spiro atoms. The summed E-state index contributed by atoms with van der Waals surface area (Å²) in [6.07, 6.45) is 4.85. The SMILES string of the molecule is COc1cccc2c1OCC(C(=O)NC1CCCc3cc(N)ccc31)=C2.Cl. The third-order valence-electron chi connectivity index (χ3n) is 5.01. The van der Waals surface area contributed by atoms with E-state index in [1.807, 2.05) is 42.5 Å². The summed E-state index contributed by atoms with van der Waals surface area (Å²) in [4.78, 5) is 12.8. The molecule has 1 amide bonds. The lowest BCUT2D eigenvalue weighted by atomic mass is 9.87. The van der Waals surface area contributed by atoms with Crippen molar-refractivity contribution in [2.45, 2.75) is 25.3 Å². The Morgan fingerprint density at radius 3 is 2.96 bits per heavy atom. The highest BCUT2D eigenvalue weighted by Gasteiger charge is 2.25. The fraction of sp³-hybridized carbons (Fsp3) is 0.286. The Morgan fingerprint density at radius 1 is 1.30 bits per heavy atom. The van der Waals surface area contributed by atoms with Crippen molar-refractivity contribution in [3.8, 4) is 11.5 Å². The van der Waals surface area contributed by atoms with E-state index in [1.165, 1.54) is 5.56 Å². The summed E-state index contributed by atoms with van der Waals surface area (Å²) in [6, 6.07) is 11.6. The van der Waals surface area contributed by atoms with Gasteiger partial charge in [0.25, 0.3) is 5.91 Å². The number of para-hydroxylation sites is 1. The number of aryl methyl sites for hydroxylation is 1. The highest BCUT2D eigenvalue weighted by Crippen LogP contribution is 2.36. The second-order valence-electron chi connectivity index (χ2n) is 6.71. The number of nitrogens with two attached hydrogens (primary N) is 1. The number of hydrogen-bond donors (Lipinski definition) is 2. The number of rotatable bonds is 3. The van der Waals surface area contributed by atoms with Crippen molar-refractivity contribution >= 4 is 30.1 Å². The van der Waals surface area contributed by atoms with Crippen molar-refractivity contribution in [1.29, 1.82) is 0 Å². The number of ether oxygens (including phenoxy) is 2. The molecule has 0 saturated carbocycles. The smallest absolute Gasteiger partial charge is 0.251 e. The molecule has 0 saturated heterocycles. The number of halogens is 1. The average Bonchev–Trinajstić information content (AvgIpc) is 2.66. The lowest BCUT2D eigenvalue weighted by Gasteiger charge is -2.28. The van der Waals surface area contributed by atoms with Gasteiger partial charge >= 0.3 is 0 Å². The van der Waals surface area contributed by atoms with E-state index in [0.29, 0.717) is 17.1 Å². The lowest BCUT2D eigenvalue weighted by molar-refractivity contribution is -0.118. The summed E-state index contributed by atoms with van der Waals surface area (Å²) in [5.41, 5.74) is 10.5. The summed E-state index contributed by atoms with van der Waals surface area (Å²) in [6.45, 7) is 0.237. The molecule has 0 fully saturated rings. The molecular formula is C21H23ClN2O3. The number of nitrogen functional groups attached to an aromatic ring is 1. The number of hydrogen-bond acceptors (Lipinski definition) is 4. The van der Waals surface area contributed by atoms with E-state index in [0.717, 1.165) is 36.1 Å². The number of anilines is 1. The molecule has 1 atom stereocenters. The van der Waals surface area contributed by atoms with Crippen molar-refractivity contribution in [2.24, 2.45) is 0 Å². The van der Waals surface area contributed by atoms with Gasteiger partial charge in [0.1, 0.15) is 6.61 Å². The van der Waals surface area contributed by atoms with Crippen LogP contribution in [0.4, 0.5) is 5.69 Å². The van der Waals surface area contributed by atoms with Gasteiger partial charge in [-0.05, 0) is 54.7 Å². The van der Waals surface area contributed by atoms with E-state index < -0.39 is 0 Å². The van der Waals surface area contributed by atoms with Crippen molar-refractivity contribution in [2.75, 3.05) is 19.5 Å². The molecule has 2 aromatic carbocycles. The highest BCUT2D eigenvalue weighted by atomic mass is 35.5. The van der Waals surface area contributed by atoms with Crippen LogP contribution in [0, 0.1) is 0 Å². The molecule has 1 aliphatic carbocycles. The first-order chi connectivity index (χ1) is 12.7. The monoisotopic (exact) mass is 386 g/mol. The van der Waals surface area contributed by atoms with Crippen molar-refractivity contribution in [3.63, 3.8) is 0 Å². The van der Waals surface area contributed by atoms with Crippen LogP contribution in [-0.2, 0) is 11.2 Å². The Balaban J connectivity index is 0.00000210. The van der Waals surface area contributed by atoms with Crippen LogP contribution in [0.1, 0.15) is 35.6 Å². The number of fused-ring (bicyclic) bond motifs is 2. The first-order valence-electron chi connectivity index (χ1n) is 8.85. The number of carbonyl (C=O) groups excluding carboxylic acids is 1. The molecule has 0 aromatic heterocycles. The molecule has 0 radical (unpaired) electrons. The average molecular weight is 387 g/mol. The topological polar surface area (TPSA) is 73.6 Å². The maximum atomic E-state index is 12.8. The zero-order valence-electron chi connectivity index (χ0n) is 15.2. The summed E-state index contributed by atoms with van der Waals surface area (Å²) in [5, 5.41) is 3.16. The Morgan fingerprint density at radius 2 is 2.15 bits per heavy atom. The van der Waals surface area contributed by atoms with Gasteiger partial charge < -0.3 is 20.5 Å². The fourth-order valence-electron chi connectivity index (χ4n) is 3.71. The van der Waals surface area contributed by atoms with E-state index in [4.69, 9.17) is 15.2 Å². The van der Waals surface area contributed by atoms with Gasteiger partial charge in [-0.1, -0.05) is 18.2 Å².